The zero-order valence-corrected chi connectivity index (χ0v) is 17.2. The number of nitrogens with zero attached hydrogens (tertiary/aromatic N) is 3. The standard InChI is InChI=1S/C20H22FN5O2S/c1-14-12-19(26(2)3)24-20(22-14)23-17-8-10-18(11-9-17)25-29(27,28)13-15-4-6-16(21)7-5-15/h4-12,25H,13H2,1-3H3,(H,22,23,24). The quantitative estimate of drug-likeness (QED) is 0.612. The van der Waals surface area contributed by atoms with Crippen LogP contribution in [0.4, 0.5) is 27.5 Å². The summed E-state index contributed by atoms with van der Waals surface area (Å²) < 4.78 is 40.1. The van der Waals surface area contributed by atoms with E-state index >= 15 is 0 Å². The van der Waals surface area contributed by atoms with Gasteiger partial charge in [0.05, 0.1) is 5.75 Å². The van der Waals surface area contributed by atoms with E-state index in [1.807, 2.05) is 32.0 Å². The van der Waals surface area contributed by atoms with E-state index < -0.39 is 15.8 Å². The molecule has 0 amide bonds. The van der Waals surface area contributed by atoms with Gasteiger partial charge in [-0.3, -0.25) is 4.72 Å². The van der Waals surface area contributed by atoms with Gasteiger partial charge in [0.15, 0.2) is 0 Å². The smallest absolute Gasteiger partial charge is 0.236 e. The molecule has 9 heteroatoms. The van der Waals surface area contributed by atoms with Crippen molar-refractivity contribution in [3.8, 4) is 0 Å². The van der Waals surface area contributed by atoms with Crippen LogP contribution < -0.4 is 14.9 Å². The predicted octanol–water partition coefficient (Wildman–Crippen LogP) is 3.68. The highest BCUT2D eigenvalue weighted by atomic mass is 32.2. The maximum absolute atomic E-state index is 13.0. The molecule has 0 aliphatic heterocycles. The largest absolute Gasteiger partial charge is 0.363 e. The monoisotopic (exact) mass is 415 g/mol. The Morgan fingerprint density at radius 2 is 1.59 bits per heavy atom. The number of anilines is 4. The van der Waals surface area contributed by atoms with Crippen molar-refractivity contribution in [2.45, 2.75) is 12.7 Å². The molecule has 0 radical (unpaired) electrons. The van der Waals surface area contributed by atoms with Crippen LogP contribution in [0, 0.1) is 12.7 Å². The Morgan fingerprint density at radius 3 is 2.21 bits per heavy atom. The fourth-order valence-electron chi connectivity index (χ4n) is 2.60. The molecule has 2 aromatic carbocycles. The molecule has 1 heterocycles. The highest BCUT2D eigenvalue weighted by molar-refractivity contribution is 7.91. The lowest BCUT2D eigenvalue weighted by atomic mass is 10.2. The third kappa shape index (κ3) is 5.89. The van der Waals surface area contributed by atoms with Gasteiger partial charge in [-0.25, -0.2) is 17.8 Å². The first-order chi connectivity index (χ1) is 13.7. The normalized spacial score (nSPS) is 11.2. The van der Waals surface area contributed by atoms with Crippen LogP contribution in [0.25, 0.3) is 0 Å². The van der Waals surface area contributed by atoms with Crippen molar-refractivity contribution in [3.05, 3.63) is 71.7 Å². The number of rotatable bonds is 7. The van der Waals surface area contributed by atoms with Crippen LogP contribution in [-0.4, -0.2) is 32.5 Å². The zero-order chi connectivity index (χ0) is 21.0. The highest BCUT2D eigenvalue weighted by Gasteiger charge is 2.12. The summed E-state index contributed by atoms with van der Waals surface area (Å²) in [5.74, 6) is 0.596. The lowest BCUT2D eigenvalue weighted by Crippen LogP contribution is -2.15. The molecule has 3 aromatic rings. The van der Waals surface area contributed by atoms with Crippen molar-refractivity contribution in [1.29, 1.82) is 0 Å². The van der Waals surface area contributed by atoms with Gasteiger partial charge in [-0.1, -0.05) is 12.1 Å². The number of halogens is 1. The van der Waals surface area contributed by atoms with Gasteiger partial charge in [-0.05, 0) is 48.9 Å². The van der Waals surface area contributed by atoms with Gasteiger partial charge in [-0.2, -0.15) is 4.98 Å². The first-order valence-electron chi connectivity index (χ1n) is 8.85. The van der Waals surface area contributed by atoms with Crippen LogP contribution in [0.3, 0.4) is 0 Å². The lowest BCUT2D eigenvalue weighted by molar-refractivity contribution is 0.600. The first kappa shape index (κ1) is 20.5. The maximum Gasteiger partial charge on any atom is 0.236 e. The van der Waals surface area contributed by atoms with Crippen LogP contribution in [0.2, 0.25) is 0 Å². The van der Waals surface area contributed by atoms with Gasteiger partial charge >= 0.3 is 0 Å². The number of nitrogens with one attached hydrogen (secondary N) is 2. The summed E-state index contributed by atoms with van der Waals surface area (Å²) in [6, 6.07) is 14.0. The molecular formula is C20H22FN5O2S. The van der Waals surface area contributed by atoms with Crippen LogP contribution in [0.15, 0.2) is 54.6 Å². The van der Waals surface area contributed by atoms with Crippen molar-refractivity contribution in [3.63, 3.8) is 0 Å². The zero-order valence-electron chi connectivity index (χ0n) is 16.3. The van der Waals surface area contributed by atoms with Crippen molar-refractivity contribution >= 4 is 33.2 Å². The number of sulfonamides is 1. The van der Waals surface area contributed by atoms with Crippen LogP contribution in [0.5, 0.6) is 0 Å². The minimum atomic E-state index is -3.62. The number of hydrogen-bond donors (Lipinski definition) is 2. The Bertz CT molecular complexity index is 1080. The topological polar surface area (TPSA) is 87.2 Å². The molecule has 1 aromatic heterocycles. The Morgan fingerprint density at radius 1 is 0.966 bits per heavy atom. The fourth-order valence-corrected chi connectivity index (χ4v) is 3.80. The molecule has 152 valence electrons. The number of benzene rings is 2. The highest BCUT2D eigenvalue weighted by Crippen LogP contribution is 2.20. The van der Waals surface area contributed by atoms with Crippen LogP contribution >= 0.6 is 0 Å². The molecule has 0 aliphatic carbocycles. The summed E-state index contributed by atoms with van der Waals surface area (Å²) in [5, 5.41) is 3.11. The molecule has 0 bridgehead atoms. The number of aryl methyl sites for hydroxylation is 1. The van der Waals surface area contributed by atoms with Gasteiger partial charge in [0.25, 0.3) is 0 Å². The SMILES string of the molecule is Cc1cc(N(C)C)nc(Nc2ccc(NS(=O)(=O)Cc3ccc(F)cc3)cc2)n1. The molecule has 29 heavy (non-hydrogen) atoms. The number of aromatic nitrogens is 2. The van der Waals surface area contributed by atoms with Crippen LogP contribution in [0.1, 0.15) is 11.3 Å². The van der Waals surface area contributed by atoms with Crippen molar-refractivity contribution in [2.75, 3.05) is 29.0 Å². The molecule has 0 spiro atoms. The van der Waals surface area contributed by atoms with Gasteiger partial charge in [0, 0.05) is 37.2 Å². The summed E-state index contributed by atoms with van der Waals surface area (Å²) in [5.41, 5.74) is 2.49. The molecule has 0 saturated heterocycles. The van der Waals surface area contributed by atoms with E-state index in [0.29, 0.717) is 17.2 Å². The summed E-state index contributed by atoms with van der Waals surface area (Å²) in [6.45, 7) is 1.89. The van der Waals surface area contributed by atoms with E-state index in [2.05, 4.69) is 20.0 Å². The van der Waals surface area contributed by atoms with Crippen LogP contribution in [-0.2, 0) is 15.8 Å². The van der Waals surface area contributed by atoms with Crippen molar-refractivity contribution in [2.24, 2.45) is 0 Å². The minimum Gasteiger partial charge on any atom is -0.363 e. The molecule has 0 aliphatic rings. The third-order valence-electron chi connectivity index (χ3n) is 3.98. The minimum absolute atomic E-state index is 0.238. The number of hydrogen-bond acceptors (Lipinski definition) is 6. The van der Waals surface area contributed by atoms with Gasteiger partial charge in [0.2, 0.25) is 16.0 Å². The summed E-state index contributed by atoms with van der Waals surface area (Å²) in [4.78, 5) is 10.7. The van der Waals surface area contributed by atoms with E-state index in [-0.39, 0.29) is 5.75 Å². The Kier molecular flexibility index (Phi) is 5.97. The second-order valence-corrected chi connectivity index (χ2v) is 8.50. The average molecular weight is 415 g/mol. The first-order valence-corrected chi connectivity index (χ1v) is 10.5. The van der Waals surface area contributed by atoms with E-state index in [9.17, 15) is 12.8 Å². The lowest BCUT2D eigenvalue weighted by Gasteiger charge is -2.14. The molecular weight excluding hydrogens is 393 g/mol. The second-order valence-electron chi connectivity index (χ2n) is 6.78. The van der Waals surface area contributed by atoms with E-state index in [1.54, 1.807) is 24.3 Å². The van der Waals surface area contributed by atoms with E-state index in [0.717, 1.165) is 17.2 Å². The third-order valence-corrected chi connectivity index (χ3v) is 5.24. The Balaban J connectivity index is 1.68. The Hall–Kier alpha value is -3.20. The van der Waals surface area contributed by atoms with Gasteiger partial charge in [-0.15, -0.1) is 0 Å². The molecule has 0 atom stereocenters. The summed E-state index contributed by atoms with van der Waals surface area (Å²) in [7, 11) is 0.186. The van der Waals surface area contributed by atoms with E-state index in [4.69, 9.17) is 0 Å². The van der Waals surface area contributed by atoms with E-state index in [1.165, 1.54) is 24.3 Å². The summed E-state index contributed by atoms with van der Waals surface area (Å²) in [6.07, 6.45) is 0. The second kappa shape index (κ2) is 8.44. The van der Waals surface area contributed by atoms with Gasteiger partial charge < -0.3 is 10.2 Å². The molecule has 2 N–H and O–H groups in total. The van der Waals surface area contributed by atoms with Crippen molar-refractivity contribution < 1.29 is 12.8 Å². The van der Waals surface area contributed by atoms with Crippen molar-refractivity contribution in [1.82, 2.24) is 9.97 Å². The molecule has 0 saturated carbocycles. The maximum atomic E-state index is 13.0. The fraction of sp³-hybridized carbons (Fsp3) is 0.200. The predicted molar refractivity (Wildman–Crippen MR) is 113 cm³/mol. The molecule has 0 fully saturated rings. The average Bonchev–Trinajstić information content (AvgIpc) is 2.64. The Labute approximate surface area is 169 Å². The van der Waals surface area contributed by atoms with Gasteiger partial charge in [0.1, 0.15) is 11.6 Å². The molecule has 0 unspecified atom stereocenters. The summed E-state index contributed by atoms with van der Waals surface area (Å²) >= 11 is 0. The molecule has 3 rings (SSSR count). The molecule has 7 nitrogen and oxygen atoms in total.